The molecule has 0 radical (unpaired) electrons. The molecule has 7 heteroatoms. The second kappa shape index (κ2) is 11.6. The third kappa shape index (κ3) is 6.39. The number of amides is 2. The monoisotopic (exact) mass is 476 g/mol. The lowest BCUT2D eigenvalue weighted by Gasteiger charge is -2.31. The minimum atomic E-state index is -0.697. The van der Waals surface area contributed by atoms with E-state index in [1.54, 1.807) is 25.1 Å². The van der Waals surface area contributed by atoms with E-state index in [1.807, 2.05) is 31.2 Å². The number of nitrogens with one attached hydrogen (secondary N) is 1. The summed E-state index contributed by atoms with van der Waals surface area (Å²) < 4.78 is 5.77. The number of halogens is 2. The number of aryl methyl sites for hydroxylation is 1. The van der Waals surface area contributed by atoms with Gasteiger partial charge in [-0.1, -0.05) is 66.7 Å². The summed E-state index contributed by atoms with van der Waals surface area (Å²) >= 11 is 12.7. The molecular weight excluding hydrogens is 447 g/mol. The molecular formula is C25H30Cl2N2O3. The van der Waals surface area contributed by atoms with Gasteiger partial charge in [0.25, 0.3) is 5.91 Å². The fourth-order valence-corrected chi connectivity index (χ4v) is 4.46. The second-order valence-electron chi connectivity index (χ2n) is 8.30. The van der Waals surface area contributed by atoms with Crippen LogP contribution in [0.15, 0.2) is 42.5 Å². The maximum atomic E-state index is 13.2. The summed E-state index contributed by atoms with van der Waals surface area (Å²) in [5, 5.41) is 4.02. The molecule has 2 aromatic carbocycles. The number of rotatable bonds is 8. The van der Waals surface area contributed by atoms with E-state index in [1.165, 1.54) is 11.3 Å². The molecule has 1 N–H and O–H groups in total. The van der Waals surface area contributed by atoms with Crippen molar-refractivity contribution in [3.63, 3.8) is 0 Å². The Morgan fingerprint density at radius 3 is 2.38 bits per heavy atom. The predicted octanol–water partition coefficient (Wildman–Crippen LogP) is 5.55. The molecule has 0 aromatic heterocycles. The number of ether oxygens (including phenoxy) is 1. The van der Waals surface area contributed by atoms with E-state index < -0.39 is 6.04 Å². The first-order valence-electron chi connectivity index (χ1n) is 11.1. The topological polar surface area (TPSA) is 58.6 Å². The lowest BCUT2D eigenvalue weighted by atomic mass is 9.95. The Morgan fingerprint density at radius 1 is 1.06 bits per heavy atom. The average Bonchev–Trinajstić information content (AvgIpc) is 2.78. The highest BCUT2D eigenvalue weighted by Gasteiger charge is 2.29. The smallest absolute Gasteiger partial charge is 0.261 e. The fourth-order valence-electron chi connectivity index (χ4n) is 3.95. The van der Waals surface area contributed by atoms with Crippen LogP contribution >= 0.6 is 23.2 Å². The third-order valence-electron chi connectivity index (χ3n) is 5.95. The summed E-state index contributed by atoms with van der Waals surface area (Å²) in [7, 11) is 0. The van der Waals surface area contributed by atoms with Crippen LogP contribution in [0.1, 0.15) is 50.2 Å². The van der Waals surface area contributed by atoms with Crippen LogP contribution in [0.5, 0.6) is 5.75 Å². The molecule has 2 aromatic rings. The Bertz CT molecular complexity index is 924. The normalized spacial score (nSPS) is 15.1. The van der Waals surface area contributed by atoms with Crippen molar-refractivity contribution in [2.45, 2.75) is 64.6 Å². The number of para-hydroxylation sites is 1. The van der Waals surface area contributed by atoms with Gasteiger partial charge in [-0.3, -0.25) is 9.59 Å². The van der Waals surface area contributed by atoms with Gasteiger partial charge in [-0.25, -0.2) is 0 Å². The zero-order valence-electron chi connectivity index (χ0n) is 18.6. The minimum Gasteiger partial charge on any atom is -0.484 e. The number of hydrogen-bond donors (Lipinski definition) is 1. The highest BCUT2D eigenvalue weighted by atomic mass is 35.5. The first kappa shape index (κ1) is 24.4. The quantitative estimate of drug-likeness (QED) is 0.543. The average molecular weight is 477 g/mol. The molecule has 2 amide bonds. The molecule has 5 nitrogen and oxygen atoms in total. The first-order chi connectivity index (χ1) is 15.4. The number of nitrogens with zero attached hydrogens (tertiary/aromatic N) is 1. The molecule has 0 aliphatic heterocycles. The van der Waals surface area contributed by atoms with Crippen molar-refractivity contribution in [1.82, 2.24) is 10.2 Å². The van der Waals surface area contributed by atoms with Gasteiger partial charge in [0.2, 0.25) is 5.91 Å². The number of carbonyl (C=O) groups is 2. The van der Waals surface area contributed by atoms with Crippen molar-refractivity contribution in [2.24, 2.45) is 0 Å². The van der Waals surface area contributed by atoms with Crippen LogP contribution < -0.4 is 10.1 Å². The molecule has 32 heavy (non-hydrogen) atoms. The molecule has 172 valence electrons. The number of benzene rings is 2. The fraction of sp³-hybridized carbons (Fsp3) is 0.440. The highest BCUT2D eigenvalue weighted by molar-refractivity contribution is 6.36. The van der Waals surface area contributed by atoms with Gasteiger partial charge >= 0.3 is 0 Å². The van der Waals surface area contributed by atoms with Gasteiger partial charge in [-0.15, -0.1) is 0 Å². The molecule has 0 bridgehead atoms. The van der Waals surface area contributed by atoms with Crippen molar-refractivity contribution >= 4 is 35.0 Å². The summed E-state index contributed by atoms with van der Waals surface area (Å²) in [6.07, 6.45) is 5.37. The Morgan fingerprint density at radius 2 is 1.72 bits per heavy atom. The van der Waals surface area contributed by atoms with Gasteiger partial charge in [0, 0.05) is 28.2 Å². The van der Waals surface area contributed by atoms with Crippen LogP contribution in [0.2, 0.25) is 10.0 Å². The van der Waals surface area contributed by atoms with Crippen LogP contribution in [-0.4, -0.2) is 35.4 Å². The van der Waals surface area contributed by atoms with Gasteiger partial charge < -0.3 is 15.0 Å². The van der Waals surface area contributed by atoms with E-state index in [-0.39, 0.29) is 31.0 Å². The van der Waals surface area contributed by atoms with Gasteiger partial charge in [0.15, 0.2) is 6.61 Å². The molecule has 0 spiro atoms. The Labute approximate surface area is 200 Å². The standard InChI is InChI=1S/C25H30Cl2N2O3/c1-17-9-6-7-14-23(17)32-16-24(30)29(15-20-21(26)12-8-13-22(20)27)18(2)25(31)28-19-10-4-3-5-11-19/h6-9,12-14,18-19H,3-5,10-11,15-16H2,1-2H3,(H,28,31). The van der Waals surface area contributed by atoms with Crippen molar-refractivity contribution in [3.8, 4) is 5.75 Å². The Balaban J connectivity index is 1.77. The third-order valence-corrected chi connectivity index (χ3v) is 6.66. The molecule has 1 aliphatic carbocycles. The largest absolute Gasteiger partial charge is 0.484 e. The Kier molecular flexibility index (Phi) is 8.83. The van der Waals surface area contributed by atoms with Crippen molar-refractivity contribution in [1.29, 1.82) is 0 Å². The zero-order valence-corrected chi connectivity index (χ0v) is 20.1. The first-order valence-corrected chi connectivity index (χ1v) is 11.8. The predicted molar refractivity (Wildman–Crippen MR) is 128 cm³/mol. The SMILES string of the molecule is Cc1ccccc1OCC(=O)N(Cc1c(Cl)cccc1Cl)C(C)C(=O)NC1CCCCC1. The summed E-state index contributed by atoms with van der Waals surface area (Å²) in [6, 6.07) is 12.2. The van der Waals surface area contributed by atoms with Gasteiger partial charge in [0.1, 0.15) is 11.8 Å². The lowest BCUT2D eigenvalue weighted by Crippen LogP contribution is -2.51. The molecule has 3 rings (SSSR count). The maximum absolute atomic E-state index is 13.2. The second-order valence-corrected chi connectivity index (χ2v) is 9.11. The van der Waals surface area contributed by atoms with E-state index in [0.29, 0.717) is 21.4 Å². The highest BCUT2D eigenvalue weighted by Crippen LogP contribution is 2.27. The van der Waals surface area contributed by atoms with Gasteiger partial charge in [-0.05, 0) is 50.5 Å². The van der Waals surface area contributed by atoms with E-state index in [0.717, 1.165) is 31.2 Å². The van der Waals surface area contributed by atoms with Gasteiger partial charge in [0.05, 0.1) is 0 Å². The van der Waals surface area contributed by atoms with Crippen molar-refractivity contribution < 1.29 is 14.3 Å². The summed E-state index contributed by atoms with van der Waals surface area (Å²) in [4.78, 5) is 27.8. The van der Waals surface area contributed by atoms with Crippen molar-refractivity contribution in [3.05, 3.63) is 63.6 Å². The summed E-state index contributed by atoms with van der Waals surface area (Å²) in [6.45, 7) is 3.58. The maximum Gasteiger partial charge on any atom is 0.261 e. The number of hydrogen-bond acceptors (Lipinski definition) is 3. The zero-order chi connectivity index (χ0) is 23.1. The van der Waals surface area contributed by atoms with Crippen LogP contribution in [0.25, 0.3) is 0 Å². The number of carbonyl (C=O) groups excluding carboxylic acids is 2. The molecule has 1 fully saturated rings. The van der Waals surface area contributed by atoms with E-state index >= 15 is 0 Å². The van der Waals surface area contributed by atoms with E-state index in [2.05, 4.69) is 5.32 Å². The summed E-state index contributed by atoms with van der Waals surface area (Å²) in [5.41, 5.74) is 1.54. The minimum absolute atomic E-state index is 0.119. The molecule has 1 unspecified atom stereocenters. The molecule has 1 atom stereocenters. The molecule has 0 heterocycles. The molecule has 1 saturated carbocycles. The van der Waals surface area contributed by atoms with Crippen LogP contribution in [0.4, 0.5) is 0 Å². The van der Waals surface area contributed by atoms with Crippen molar-refractivity contribution in [2.75, 3.05) is 6.61 Å². The lowest BCUT2D eigenvalue weighted by molar-refractivity contribution is -0.142. The van der Waals surface area contributed by atoms with Crippen LogP contribution in [0, 0.1) is 6.92 Å². The van der Waals surface area contributed by atoms with Crippen LogP contribution in [0.3, 0.4) is 0 Å². The Hall–Kier alpha value is -2.24. The van der Waals surface area contributed by atoms with E-state index in [9.17, 15) is 9.59 Å². The molecule has 1 aliphatic rings. The summed E-state index contributed by atoms with van der Waals surface area (Å²) in [5.74, 6) is 0.149. The van der Waals surface area contributed by atoms with Crippen LogP contribution in [-0.2, 0) is 16.1 Å². The molecule has 0 saturated heterocycles. The van der Waals surface area contributed by atoms with Gasteiger partial charge in [-0.2, -0.15) is 0 Å². The van der Waals surface area contributed by atoms with E-state index in [4.69, 9.17) is 27.9 Å².